The summed E-state index contributed by atoms with van der Waals surface area (Å²) in [5.74, 6) is -0.910. The van der Waals surface area contributed by atoms with Crippen molar-refractivity contribution in [2.75, 3.05) is 6.54 Å². The molecule has 0 fully saturated rings. The zero-order chi connectivity index (χ0) is 15.4. The number of benzene rings is 2. The molecule has 2 aromatic carbocycles. The summed E-state index contributed by atoms with van der Waals surface area (Å²) in [7, 11) is 0. The second-order valence-corrected chi connectivity index (χ2v) is 5.91. The normalized spacial score (nSPS) is 12.4. The van der Waals surface area contributed by atoms with Crippen LogP contribution in [0.3, 0.4) is 0 Å². The van der Waals surface area contributed by atoms with Crippen LogP contribution in [0.25, 0.3) is 0 Å². The molecule has 5 heteroatoms. The van der Waals surface area contributed by atoms with Crippen molar-refractivity contribution in [3.63, 3.8) is 0 Å². The largest absolute Gasteiger partial charge is 0.306 e. The summed E-state index contributed by atoms with van der Waals surface area (Å²) in [5, 5.41) is 3.18. The Morgan fingerprint density at radius 3 is 2.52 bits per heavy atom. The molecule has 1 nitrogen and oxygen atoms in total. The minimum Gasteiger partial charge on any atom is -0.306 e. The van der Waals surface area contributed by atoms with Crippen LogP contribution in [0, 0.1) is 11.6 Å². The van der Waals surface area contributed by atoms with Crippen molar-refractivity contribution in [2.24, 2.45) is 0 Å². The summed E-state index contributed by atoms with van der Waals surface area (Å²) >= 11 is 9.13. The Bertz CT molecular complexity index is 634. The maximum atomic E-state index is 14.4. The lowest BCUT2D eigenvalue weighted by Crippen LogP contribution is -2.25. The maximum absolute atomic E-state index is 14.4. The number of nitrogens with one attached hydrogen (secondary N) is 1. The first kappa shape index (κ1) is 16.4. The smallest absolute Gasteiger partial charge is 0.148 e. The molecule has 1 unspecified atom stereocenters. The molecular weight excluding hydrogens is 360 g/mol. The molecule has 0 saturated heterocycles. The topological polar surface area (TPSA) is 12.0 Å². The Kier molecular flexibility index (Phi) is 5.73. The van der Waals surface area contributed by atoms with Gasteiger partial charge in [0.1, 0.15) is 11.6 Å². The minimum absolute atomic E-state index is 0.00661. The highest BCUT2D eigenvalue weighted by molar-refractivity contribution is 9.10. The zero-order valence-corrected chi connectivity index (χ0v) is 13.8. The monoisotopic (exact) mass is 373 g/mol. The van der Waals surface area contributed by atoms with Gasteiger partial charge in [0.05, 0.1) is 11.1 Å². The van der Waals surface area contributed by atoms with Crippen LogP contribution in [-0.4, -0.2) is 6.54 Å². The fourth-order valence-electron chi connectivity index (χ4n) is 2.15. The van der Waals surface area contributed by atoms with Crippen LogP contribution in [0.15, 0.2) is 40.9 Å². The number of hydrogen-bond donors (Lipinski definition) is 1. The van der Waals surface area contributed by atoms with Gasteiger partial charge >= 0.3 is 0 Å². The highest BCUT2D eigenvalue weighted by Crippen LogP contribution is 2.33. The van der Waals surface area contributed by atoms with E-state index in [9.17, 15) is 8.78 Å². The fraction of sp³-hybridized carbons (Fsp3) is 0.250. The van der Waals surface area contributed by atoms with E-state index in [1.165, 1.54) is 6.07 Å². The summed E-state index contributed by atoms with van der Waals surface area (Å²) in [5.41, 5.74) is 0.741. The van der Waals surface area contributed by atoms with E-state index in [2.05, 4.69) is 21.2 Å². The van der Waals surface area contributed by atoms with E-state index in [0.717, 1.165) is 6.42 Å². The molecule has 112 valence electrons. The lowest BCUT2D eigenvalue weighted by atomic mass is 9.97. The number of hydrogen-bond acceptors (Lipinski definition) is 1. The second-order valence-electron chi connectivity index (χ2n) is 4.67. The van der Waals surface area contributed by atoms with Crippen molar-refractivity contribution < 1.29 is 8.78 Å². The van der Waals surface area contributed by atoms with Crippen molar-refractivity contribution in [2.45, 2.75) is 19.4 Å². The molecular formula is C16H15BrClF2N. The molecule has 0 heterocycles. The molecule has 0 bridgehead atoms. The summed E-state index contributed by atoms with van der Waals surface area (Å²) in [6.07, 6.45) is 0.858. The van der Waals surface area contributed by atoms with Gasteiger partial charge in [-0.05, 0) is 41.0 Å². The standard InChI is InChI=1S/C16H15BrClF2N/c1-2-9-21-16(10-5-3-4-6-13(10)19)11-7-8-12(17)14(18)15(11)20/h3-8,16,21H,2,9H2,1H3. The molecule has 0 aliphatic rings. The maximum Gasteiger partial charge on any atom is 0.148 e. The SMILES string of the molecule is CCCNC(c1ccccc1F)c1ccc(Br)c(Cl)c1F. The van der Waals surface area contributed by atoms with Crippen LogP contribution in [0.4, 0.5) is 8.78 Å². The molecule has 0 aliphatic carbocycles. The average molecular weight is 375 g/mol. The Labute approximate surface area is 136 Å². The zero-order valence-electron chi connectivity index (χ0n) is 11.5. The van der Waals surface area contributed by atoms with E-state index in [1.54, 1.807) is 30.3 Å². The third-order valence-electron chi connectivity index (χ3n) is 3.19. The number of rotatable bonds is 5. The van der Waals surface area contributed by atoms with Gasteiger partial charge in [-0.15, -0.1) is 0 Å². The van der Waals surface area contributed by atoms with Crippen molar-refractivity contribution in [3.8, 4) is 0 Å². The highest BCUT2D eigenvalue weighted by Gasteiger charge is 2.22. The van der Waals surface area contributed by atoms with E-state index >= 15 is 0 Å². The fourth-order valence-corrected chi connectivity index (χ4v) is 2.63. The molecule has 1 N–H and O–H groups in total. The third-order valence-corrected chi connectivity index (χ3v) is 4.45. The van der Waals surface area contributed by atoms with Gasteiger partial charge in [0.2, 0.25) is 0 Å². The lowest BCUT2D eigenvalue weighted by Gasteiger charge is -2.21. The van der Waals surface area contributed by atoms with Gasteiger partial charge in [-0.25, -0.2) is 8.78 Å². The average Bonchev–Trinajstić information content (AvgIpc) is 2.48. The molecule has 0 aliphatic heterocycles. The van der Waals surface area contributed by atoms with Crippen LogP contribution in [0.1, 0.15) is 30.5 Å². The predicted octanol–water partition coefficient (Wildman–Crippen LogP) is 5.47. The van der Waals surface area contributed by atoms with E-state index < -0.39 is 11.9 Å². The second kappa shape index (κ2) is 7.34. The van der Waals surface area contributed by atoms with Gasteiger partial charge in [-0.2, -0.15) is 0 Å². The molecule has 21 heavy (non-hydrogen) atoms. The first-order chi connectivity index (χ1) is 10.1. The summed E-state index contributed by atoms with van der Waals surface area (Å²) in [6.45, 7) is 2.64. The molecule has 0 amide bonds. The van der Waals surface area contributed by atoms with Gasteiger partial charge in [-0.1, -0.05) is 42.8 Å². The van der Waals surface area contributed by atoms with Crippen molar-refractivity contribution in [3.05, 3.63) is 68.7 Å². The van der Waals surface area contributed by atoms with Gasteiger partial charge in [-0.3, -0.25) is 0 Å². The van der Waals surface area contributed by atoms with Gasteiger partial charge in [0.25, 0.3) is 0 Å². The molecule has 0 saturated carbocycles. The lowest BCUT2D eigenvalue weighted by molar-refractivity contribution is 0.520. The third kappa shape index (κ3) is 3.62. The quantitative estimate of drug-likeness (QED) is 0.684. The first-order valence-corrected chi connectivity index (χ1v) is 7.84. The first-order valence-electron chi connectivity index (χ1n) is 6.67. The Morgan fingerprint density at radius 2 is 1.86 bits per heavy atom. The highest BCUT2D eigenvalue weighted by atomic mass is 79.9. The summed E-state index contributed by atoms with van der Waals surface area (Å²) in [4.78, 5) is 0. The molecule has 0 aromatic heterocycles. The van der Waals surface area contributed by atoms with E-state index in [4.69, 9.17) is 11.6 Å². The van der Waals surface area contributed by atoms with Gasteiger partial charge in [0, 0.05) is 15.6 Å². The Balaban J connectivity index is 2.51. The van der Waals surface area contributed by atoms with E-state index in [0.29, 0.717) is 22.1 Å². The predicted molar refractivity (Wildman–Crippen MR) is 85.6 cm³/mol. The molecule has 0 radical (unpaired) electrons. The van der Waals surface area contributed by atoms with Crippen LogP contribution in [0.2, 0.25) is 5.02 Å². The van der Waals surface area contributed by atoms with Gasteiger partial charge in [0.15, 0.2) is 0 Å². The number of halogens is 4. The minimum atomic E-state index is -0.572. The van der Waals surface area contributed by atoms with Crippen molar-refractivity contribution in [1.82, 2.24) is 5.32 Å². The van der Waals surface area contributed by atoms with Crippen LogP contribution in [-0.2, 0) is 0 Å². The van der Waals surface area contributed by atoms with Crippen molar-refractivity contribution >= 4 is 27.5 Å². The van der Waals surface area contributed by atoms with Crippen LogP contribution < -0.4 is 5.32 Å². The summed E-state index contributed by atoms with van der Waals surface area (Å²) in [6, 6.07) is 9.08. The van der Waals surface area contributed by atoms with E-state index in [1.807, 2.05) is 6.92 Å². The molecule has 2 rings (SSSR count). The Morgan fingerprint density at radius 1 is 1.14 bits per heavy atom. The summed E-state index contributed by atoms with van der Waals surface area (Å²) < 4.78 is 29.0. The Hall–Kier alpha value is -0.970. The molecule has 0 spiro atoms. The molecule has 2 aromatic rings. The van der Waals surface area contributed by atoms with Gasteiger partial charge < -0.3 is 5.32 Å². The van der Waals surface area contributed by atoms with Crippen molar-refractivity contribution in [1.29, 1.82) is 0 Å². The van der Waals surface area contributed by atoms with Crippen LogP contribution in [0.5, 0.6) is 0 Å². The van der Waals surface area contributed by atoms with Crippen LogP contribution >= 0.6 is 27.5 Å². The molecule has 1 atom stereocenters. The van der Waals surface area contributed by atoms with E-state index in [-0.39, 0.29) is 10.8 Å².